The van der Waals surface area contributed by atoms with Gasteiger partial charge in [0.2, 0.25) is 0 Å². The van der Waals surface area contributed by atoms with Crippen LogP contribution in [0.4, 0.5) is 0 Å². The summed E-state index contributed by atoms with van der Waals surface area (Å²) in [7, 11) is 0. The molecule has 3 rings (SSSR count). The predicted octanol–water partition coefficient (Wildman–Crippen LogP) is 3.89. The van der Waals surface area contributed by atoms with Gasteiger partial charge in [0.05, 0.1) is 0 Å². The maximum absolute atomic E-state index is 3.67. The van der Waals surface area contributed by atoms with Crippen LogP contribution >= 0.6 is 24.8 Å². The topological polar surface area (TPSA) is 15.3 Å². The normalized spacial score (nSPS) is 17.5. The highest BCUT2D eigenvalue weighted by Gasteiger charge is 2.21. The van der Waals surface area contributed by atoms with Crippen molar-refractivity contribution in [2.24, 2.45) is 0 Å². The second kappa shape index (κ2) is 9.86. The highest BCUT2D eigenvalue weighted by Crippen LogP contribution is 2.14. The quantitative estimate of drug-likeness (QED) is 0.889. The number of halogens is 2. The largest absolute Gasteiger partial charge is 0.309 e. The number of likely N-dealkylation sites (tertiary alicyclic amines) is 1. The number of rotatable bonds is 5. The Morgan fingerprint density at radius 2 is 1.45 bits per heavy atom. The molecule has 2 aromatic rings. The van der Waals surface area contributed by atoms with Gasteiger partial charge in [-0.25, -0.2) is 0 Å². The van der Waals surface area contributed by atoms with Gasteiger partial charge in [-0.2, -0.15) is 0 Å². The third-order valence-electron chi connectivity index (χ3n) is 3.96. The van der Waals surface area contributed by atoms with Crippen molar-refractivity contribution in [3.8, 4) is 0 Å². The average Bonchev–Trinajstić information content (AvgIpc) is 2.95. The van der Waals surface area contributed by atoms with Crippen LogP contribution in [-0.2, 0) is 13.1 Å². The Bertz CT molecular complexity index is 519. The van der Waals surface area contributed by atoms with Crippen LogP contribution in [-0.4, -0.2) is 24.0 Å². The lowest BCUT2D eigenvalue weighted by molar-refractivity contribution is 0.320. The Balaban J connectivity index is 0.00000121. The molecule has 0 bridgehead atoms. The summed E-state index contributed by atoms with van der Waals surface area (Å²) in [5, 5.41) is 3.67. The second-order valence-electron chi connectivity index (χ2n) is 5.57. The SMILES string of the molecule is Cl.Cl.c1ccc(CNC2CCN(Cc3ccccc3)C2)cc1. The Hall–Kier alpha value is -1.06. The van der Waals surface area contributed by atoms with Crippen LogP contribution in [0.3, 0.4) is 0 Å². The molecule has 1 heterocycles. The minimum Gasteiger partial charge on any atom is -0.309 e. The van der Waals surface area contributed by atoms with Crippen molar-refractivity contribution in [2.45, 2.75) is 25.6 Å². The summed E-state index contributed by atoms with van der Waals surface area (Å²) < 4.78 is 0. The van der Waals surface area contributed by atoms with Crippen molar-refractivity contribution in [2.75, 3.05) is 13.1 Å². The number of nitrogens with zero attached hydrogens (tertiary/aromatic N) is 1. The Labute approximate surface area is 145 Å². The molecule has 1 N–H and O–H groups in total. The summed E-state index contributed by atoms with van der Waals surface area (Å²) >= 11 is 0. The molecule has 1 atom stereocenters. The van der Waals surface area contributed by atoms with Gasteiger partial charge in [-0.15, -0.1) is 24.8 Å². The van der Waals surface area contributed by atoms with Gasteiger partial charge in [-0.05, 0) is 17.5 Å². The van der Waals surface area contributed by atoms with E-state index < -0.39 is 0 Å². The van der Waals surface area contributed by atoms with E-state index in [0.29, 0.717) is 6.04 Å². The van der Waals surface area contributed by atoms with Crippen molar-refractivity contribution in [3.63, 3.8) is 0 Å². The minimum absolute atomic E-state index is 0. The van der Waals surface area contributed by atoms with Crippen LogP contribution in [0.15, 0.2) is 60.7 Å². The van der Waals surface area contributed by atoms with Crippen molar-refractivity contribution in [1.29, 1.82) is 0 Å². The summed E-state index contributed by atoms with van der Waals surface area (Å²) in [4.78, 5) is 2.54. The van der Waals surface area contributed by atoms with Crippen molar-refractivity contribution < 1.29 is 0 Å². The van der Waals surface area contributed by atoms with Crippen molar-refractivity contribution in [1.82, 2.24) is 10.2 Å². The monoisotopic (exact) mass is 338 g/mol. The van der Waals surface area contributed by atoms with Gasteiger partial charge in [-0.1, -0.05) is 60.7 Å². The van der Waals surface area contributed by atoms with E-state index in [1.165, 1.54) is 24.1 Å². The maximum atomic E-state index is 3.67. The first-order chi connectivity index (χ1) is 9.90. The van der Waals surface area contributed by atoms with Gasteiger partial charge < -0.3 is 5.32 Å². The molecule has 1 fully saturated rings. The van der Waals surface area contributed by atoms with Crippen LogP contribution in [0.2, 0.25) is 0 Å². The number of hydrogen-bond acceptors (Lipinski definition) is 2. The molecule has 0 aliphatic carbocycles. The Kier molecular flexibility index (Phi) is 8.51. The Morgan fingerprint density at radius 1 is 0.864 bits per heavy atom. The molecule has 1 unspecified atom stereocenters. The van der Waals surface area contributed by atoms with Crippen LogP contribution in [0.1, 0.15) is 17.5 Å². The van der Waals surface area contributed by atoms with Crippen LogP contribution < -0.4 is 5.32 Å². The fraction of sp³-hybridized carbons (Fsp3) is 0.333. The van der Waals surface area contributed by atoms with Crippen LogP contribution in [0.25, 0.3) is 0 Å². The molecular weight excluding hydrogens is 315 g/mol. The maximum Gasteiger partial charge on any atom is 0.0234 e. The zero-order chi connectivity index (χ0) is 13.6. The van der Waals surface area contributed by atoms with E-state index in [2.05, 4.69) is 70.9 Å². The molecule has 0 spiro atoms. The van der Waals surface area contributed by atoms with Gasteiger partial charge in [0.15, 0.2) is 0 Å². The van der Waals surface area contributed by atoms with Crippen molar-refractivity contribution >= 4 is 24.8 Å². The molecule has 0 aromatic heterocycles. The third kappa shape index (κ3) is 5.62. The van der Waals surface area contributed by atoms with E-state index in [4.69, 9.17) is 0 Å². The summed E-state index contributed by atoms with van der Waals surface area (Å²) in [5.74, 6) is 0. The number of nitrogens with one attached hydrogen (secondary N) is 1. The van der Waals surface area contributed by atoms with Gasteiger partial charge in [0.1, 0.15) is 0 Å². The lowest BCUT2D eigenvalue weighted by Gasteiger charge is -2.16. The lowest BCUT2D eigenvalue weighted by atomic mass is 10.2. The molecule has 1 aliphatic rings. The van der Waals surface area contributed by atoms with E-state index in [1.54, 1.807) is 0 Å². The molecule has 2 aromatic carbocycles. The molecule has 120 valence electrons. The summed E-state index contributed by atoms with van der Waals surface area (Å²) in [5.41, 5.74) is 2.78. The van der Waals surface area contributed by atoms with Gasteiger partial charge >= 0.3 is 0 Å². The summed E-state index contributed by atoms with van der Waals surface area (Å²) in [6.45, 7) is 4.40. The zero-order valence-electron chi connectivity index (χ0n) is 12.7. The van der Waals surface area contributed by atoms with Gasteiger partial charge in [-0.3, -0.25) is 4.90 Å². The molecular formula is C18H24Cl2N2. The summed E-state index contributed by atoms with van der Waals surface area (Å²) in [6.07, 6.45) is 1.25. The molecule has 4 heteroatoms. The van der Waals surface area contributed by atoms with Crippen LogP contribution in [0, 0.1) is 0 Å². The average molecular weight is 339 g/mol. The fourth-order valence-corrected chi connectivity index (χ4v) is 2.84. The molecule has 2 nitrogen and oxygen atoms in total. The first-order valence-electron chi connectivity index (χ1n) is 7.44. The highest BCUT2D eigenvalue weighted by molar-refractivity contribution is 5.85. The standard InChI is InChI=1S/C18H22N2.2ClH/c1-3-7-16(8-4-1)13-19-18-11-12-20(15-18)14-17-9-5-2-6-10-17;;/h1-10,18-19H,11-15H2;2*1H. The minimum atomic E-state index is 0. The van der Waals surface area contributed by atoms with E-state index >= 15 is 0 Å². The van der Waals surface area contributed by atoms with Crippen molar-refractivity contribution in [3.05, 3.63) is 71.8 Å². The highest BCUT2D eigenvalue weighted by atomic mass is 35.5. The van der Waals surface area contributed by atoms with E-state index in [9.17, 15) is 0 Å². The molecule has 1 saturated heterocycles. The van der Waals surface area contributed by atoms with E-state index in [1.807, 2.05) is 0 Å². The Morgan fingerprint density at radius 3 is 2.09 bits per heavy atom. The molecule has 0 radical (unpaired) electrons. The first-order valence-corrected chi connectivity index (χ1v) is 7.44. The lowest BCUT2D eigenvalue weighted by Crippen LogP contribution is -2.31. The smallest absolute Gasteiger partial charge is 0.0234 e. The first kappa shape index (κ1) is 19.0. The van der Waals surface area contributed by atoms with Crippen LogP contribution in [0.5, 0.6) is 0 Å². The summed E-state index contributed by atoms with van der Waals surface area (Å²) in [6, 6.07) is 22.0. The zero-order valence-corrected chi connectivity index (χ0v) is 14.3. The number of hydrogen-bond donors (Lipinski definition) is 1. The molecule has 0 amide bonds. The fourth-order valence-electron chi connectivity index (χ4n) is 2.84. The van der Waals surface area contributed by atoms with Gasteiger partial charge in [0.25, 0.3) is 0 Å². The second-order valence-corrected chi connectivity index (χ2v) is 5.57. The third-order valence-corrected chi connectivity index (χ3v) is 3.96. The molecule has 1 aliphatic heterocycles. The molecule has 0 saturated carbocycles. The predicted molar refractivity (Wildman–Crippen MR) is 97.9 cm³/mol. The number of benzene rings is 2. The van der Waals surface area contributed by atoms with E-state index in [-0.39, 0.29) is 24.8 Å². The molecule has 22 heavy (non-hydrogen) atoms. The van der Waals surface area contributed by atoms with Gasteiger partial charge in [0, 0.05) is 32.2 Å². The van der Waals surface area contributed by atoms with E-state index in [0.717, 1.165) is 19.6 Å².